The Morgan fingerprint density at radius 1 is 1.06 bits per heavy atom. The summed E-state index contributed by atoms with van der Waals surface area (Å²) in [6.07, 6.45) is 0.538. The van der Waals surface area contributed by atoms with Crippen LogP contribution in [-0.2, 0) is 5.60 Å². The van der Waals surface area contributed by atoms with E-state index < -0.39 is 35.3 Å². The maximum atomic E-state index is 14.9. The summed E-state index contributed by atoms with van der Waals surface area (Å²) in [4.78, 5) is 19.5. The van der Waals surface area contributed by atoms with Gasteiger partial charge in [-0.3, -0.25) is 4.98 Å². The number of nitrogens with zero attached hydrogens (tertiary/aromatic N) is 5. The van der Waals surface area contributed by atoms with Crippen molar-refractivity contribution in [3.05, 3.63) is 82.3 Å². The fourth-order valence-electron chi connectivity index (χ4n) is 3.44. The summed E-state index contributed by atoms with van der Waals surface area (Å²) in [7, 11) is 0. The first kappa shape index (κ1) is 25.2. The van der Waals surface area contributed by atoms with Crippen molar-refractivity contribution in [1.82, 2.24) is 19.9 Å². The smallest absolute Gasteiger partial charge is 0.262 e. The van der Waals surface area contributed by atoms with Crippen molar-refractivity contribution in [2.45, 2.75) is 31.9 Å². The Kier molecular flexibility index (Phi) is 6.75. The summed E-state index contributed by atoms with van der Waals surface area (Å²) in [5.74, 6) is -1.63. The van der Waals surface area contributed by atoms with Gasteiger partial charge in [0.05, 0.1) is 22.8 Å². The number of pyridine rings is 2. The first-order valence-electron chi connectivity index (χ1n) is 10.4. The van der Waals surface area contributed by atoms with Gasteiger partial charge in [-0.1, -0.05) is 17.7 Å². The van der Waals surface area contributed by atoms with Crippen LogP contribution in [0.3, 0.4) is 0 Å². The zero-order valence-electron chi connectivity index (χ0n) is 18.8. The number of aromatic nitrogens is 4. The molecule has 0 amide bonds. The molecule has 7 nitrogen and oxygen atoms in total. The lowest BCUT2D eigenvalue weighted by Gasteiger charge is -2.22. The van der Waals surface area contributed by atoms with Crippen LogP contribution < -0.4 is 5.32 Å². The highest BCUT2D eigenvalue weighted by Gasteiger charge is 2.28. The van der Waals surface area contributed by atoms with Gasteiger partial charge in [0.25, 0.3) is 6.43 Å². The standard InChI is InChI=1S/C24H17ClF4N6O/c1-24(2,36)23-32-8-11(9-33-23)18-16(27)7-17-21(34-18)20(14(25)10-31-17)35-19(22(28)29)13-6-12(30-3)4-5-15(13)26/h4-10,19,22,36H,1-2H3,(H,31,35)/t19-/m1/s1. The van der Waals surface area contributed by atoms with Gasteiger partial charge in [-0.2, -0.15) is 0 Å². The van der Waals surface area contributed by atoms with E-state index >= 15 is 0 Å². The number of benzene rings is 1. The topological polar surface area (TPSA) is 88.2 Å². The highest BCUT2D eigenvalue weighted by Crippen LogP contribution is 2.37. The van der Waals surface area contributed by atoms with Crippen LogP contribution in [0.25, 0.3) is 27.1 Å². The number of alkyl halides is 2. The minimum absolute atomic E-state index is 0.000534. The molecule has 36 heavy (non-hydrogen) atoms. The van der Waals surface area contributed by atoms with Crippen molar-refractivity contribution in [2.75, 3.05) is 5.32 Å². The third-order valence-electron chi connectivity index (χ3n) is 5.22. The summed E-state index contributed by atoms with van der Waals surface area (Å²) >= 11 is 6.25. The van der Waals surface area contributed by atoms with Crippen LogP contribution in [0.5, 0.6) is 0 Å². The van der Waals surface area contributed by atoms with Gasteiger partial charge in [-0.15, -0.1) is 0 Å². The number of fused-ring (bicyclic) bond motifs is 1. The molecule has 0 fully saturated rings. The van der Waals surface area contributed by atoms with Crippen molar-refractivity contribution in [2.24, 2.45) is 0 Å². The molecule has 2 N–H and O–H groups in total. The zero-order chi connectivity index (χ0) is 26.2. The third kappa shape index (κ3) is 4.91. The molecule has 0 aliphatic rings. The molecule has 12 heteroatoms. The zero-order valence-corrected chi connectivity index (χ0v) is 19.5. The molecule has 1 aromatic carbocycles. The minimum atomic E-state index is -3.11. The Labute approximate surface area is 207 Å². The van der Waals surface area contributed by atoms with Gasteiger partial charge in [0, 0.05) is 35.8 Å². The summed E-state index contributed by atoms with van der Waals surface area (Å²) in [6.45, 7) is 10.1. The predicted octanol–water partition coefficient (Wildman–Crippen LogP) is 6.21. The first-order chi connectivity index (χ1) is 17.0. The van der Waals surface area contributed by atoms with E-state index in [1.807, 2.05) is 0 Å². The summed E-state index contributed by atoms with van der Waals surface area (Å²) < 4.78 is 57.5. The fourth-order valence-corrected chi connectivity index (χ4v) is 3.64. The molecule has 4 aromatic rings. The molecule has 4 rings (SSSR count). The largest absolute Gasteiger partial charge is 0.382 e. The maximum absolute atomic E-state index is 14.9. The molecule has 1 atom stereocenters. The van der Waals surface area contributed by atoms with E-state index in [2.05, 4.69) is 30.1 Å². The fraction of sp³-hybridized carbons (Fsp3) is 0.208. The highest BCUT2D eigenvalue weighted by molar-refractivity contribution is 6.34. The number of halogens is 5. The van der Waals surface area contributed by atoms with Crippen LogP contribution in [0.15, 0.2) is 42.9 Å². The van der Waals surface area contributed by atoms with E-state index in [1.165, 1.54) is 32.3 Å². The Bertz CT molecular complexity index is 1490. The average molecular weight is 517 g/mol. The lowest BCUT2D eigenvalue weighted by atomic mass is 10.0. The third-order valence-corrected chi connectivity index (χ3v) is 5.50. The minimum Gasteiger partial charge on any atom is -0.382 e. The molecule has 0 spiro atoms. The van der Waals surface area contributed by atoms with Crippen LogP contribution in [-0.4, -0.2) is 31.5 Å². The Morgan fingerprint density at radius 3 is 2.36 bits per heavy atom. The molecule has 0 saturated heterocycles. The number of nitrogens with one attached hydrogen (secondary N) is 1. The molecule has 0 aliphatic heterocycles. The Hall–Kier alpha value is -3.88. The molecule has 0 radical (unpaired) electrons. The molecule has 184 valence electrons. The molecule has 0 aliphatic carbocycles. The SMILES string of the molecule is [C-]#[N+]c1ccc(F)c([C@@H](Nc2c(Cl)cnc3cc(F)c(-c4cnc(C(C)(C)O)nc4)nc23)C(F)F)c1. The van der Waals surface area contributed by atoms with Gasteiger partial charge in [0.1, 0.15) is 28.7 Å². The lowest BCUT2D eigenvalue weighted by Crippen LogP contribution is -2.21. The van der Waals surface area contributed by atoms with Crippen molar-refractivity contribution in [3.8, 4) is 11.3 Å². The monoisotopic (exact) mass is 516 g/mol. The van der Waals surface area contributed by atoms with Crippen LogP contribution in [0.4, 0.5) is 28.9 Å². The van der Waals surface area contributed by atoms with Crippen LogP contribution in [0, 0.1) is 18.2 Å². The number of hydrogen-bond donors (Lipinski definition) is 2. The molecule has 3 aromatic heterocycles. The van der Waals surface area contributed by atoms with Crippen molar-refractivity contribution >= 4 is 34.0 Å². The van der Waals surface area contributed by atoms with Gasteiger partial charge in [-0.05, 0) is 26.0 Å². The average Bonchev–Trinajstić information content (AvgIpc) is 2.83. The van der Waals surface area contributed by atoms with Gasteiger partial charge < -0.3 is 10.4 Å². The predicted molar refractivity (Wildman–Crippen MR) is 126 cm³/mol. The van der Waals surface area contributed by atoms with Crippen molar-refractivity contribution in [3.63, 3.8) is 0 Å². The molecule has 0 bridgehead atoms. The van der Waals surface area contributed by atoms with Crippen molar-refractivity contribution in [1.29, 1.82) is 0 Å². The normalized spacial score (nSPS) is 12.6. The summed E-state index contributed by atoms with van der Waals surface area (Å²) in [5, 5.41) is 12.4. The van der Waals surface area contributed by atoms with Gasteiger partial charge in [-0.25, -0.2) is 37.4 Å². The number of aliphatic hydroxyl groups is 1. The lowest BCUT2D eigenvalue weighted by molar-refractivity contribution is 0.0687. The van der Waals surface area contributed by atoms with E-state index in [0.29, 0.717) is 0 Å². The number of hydrogen-bond acceptors (Lipinski definition) is 6. The number of rotatable bonds is 6. The molecule has 0 saturated carbocycles. The van der Waals surface area contributed by atoms with E-state index in [1.54, 1.807) is 0 Å². The highest BCUT2D eigenvalue weighted by atomic mass is 35.5. The second kappa shape index (κ2) is 9.64. The first-order valence-corrected chi connectivity index (χ1v) is 10.8. The van der Waals surface area contributed by atoms with Crippen LogP contribution >= 0.6 is 11.6 Å². The molecule has 0 unspecified atom stereocenters. The Balaban J connectivity index is 1.84. The van der Waals surface area contributed by atoms with E-state index in [9.17, 15) is 22.7 Å². The van der Waals surface area contributed by atoms with Gasteiger partial charge >= 0.3 is 0 Å². The van der Waals surface area contributed by atoms with Crippen LogP contribution in [0.1, 0.15) is 31.3 Å². The van der Waals surface area contributed by atoms with Crippen molar-refractivity contribution < 1.29 is 22.7 Å². The quantitative estimate of drug-likeness (QED) is 0.234. The molecule has 3 heterocycles. The number of anilines is 1. The summed E-state index contributed by atoms with van der Waals surface area (Å²) in [5.41, 5.74) is -2.06. The van der Waals surface area contributed by atoms with Crippen LogP contribution in [0.2, 0.25) is 5.02 Å². The Morgan fingerprint density at radius 2 is 1.75 bits per heavy atom. The second-order valence-electron chi connectivity index (χ2n) is 8.30. The van der Waals surface area contributed by atoms with Gasteiger partial charge in [0.15, 0.2) is 17.3 Å². The summed E-state index contributed by atoms with van der Waals surface area (Å²) in [6, 6.07) is 2.25. The van der Waals surface area contributed by atoms with Gasteiger partial charge in [0.2, 0.25) is 0 Å². The molecular formula is C24H17ClF4N6O. The maximum Gasteiger partial charge on any atom is 0.262 e. The van der Waals surface area contributed by atoms with E-state index in [0.717, 1.165) is 24.4 Å². The second-order valence-corrected chi connectivity index (χ2v) is 8.70. The molecular weight excluding hydrogens is 500 g/mol. The van der Waals surface area contributed by atoms with E-state index in [-0.39, 0.29) is 44.5 Å². The van der Waals surface area contributed by atoms with E-state index in [4.69, 9.17) is 18.2 Å².